The Hall–Kier alpha value is -3.58. The predicted molar refractivity (Wildman–Crippen MR) is 134 cm³/mol. The molecule has 34 heavy (non-hydrogen) atoms. The molecule has 0 radical (unpaired) electrons. The average Bonchev–Trinajstić information content (AvgIpc) is 3.09. The molecule has 1 aliphatic heterocycles. The van der Waals surface area contributed by atoms with Crippen molar-refractivity contribution in [1.29, 1.82) is 0 Å². The summed E-state index contributed by atoms with van der Waals surface area (Å²) in [6, 6.07) is 16.7. The lowest BCUT2D eigenvalue weighted by atomic mass is 10.0. The van der Waals surface area contributed by atoms with Gasteiger partial charge in [0.05, 0.1) is 5.92 Å². The number of benzene rings is 2. The van der Waals surface area contributed by atoms with Crippen molar-refractivity contribution >= 4 is 11.9 Å². The fourth-order valence-electron chi connectivity index (χ4n) is 4.05. The maximum Gasteiger partial charge on any atom is 0.230 e. The van der Waals surface area contributed by atoms with E-state index in [1.54, 1.807) is 11.9 Å². The second kappa shape index (κ2) is 10.6. The number of anilines is 1. The number of likely N-dealkylation sites (tertiary alicyclic amines) is 1. The Kier molecular flexibility index (Phi) is 7.33. The second-order valence-electron chi connectivity index (χ2n) is 8.92. The highest BCUT2D eigenvalue weighted by atomic mass is 16.2. The molecule has 1 saturated heterocycles. The van der Waals surface area contributed by atoms with Crippen molar-refractivity contribution in [2.75, 3.05) is 12.4 Å². The molecule has 0 aliphatic carbocycles. The van der Waals surface area contributed by atoms with Crippen LogP contribution < -0.4 is 11.1 Å². The number of aryl methyl sites for hydroxylation is 3. The summed E-state index contributed by atoms with van der Waals surface area (Å²) in [6.45, 7) is 7.19. The molecule has 0 saturated carbocycles. The maximum absolute atomic E-state index is 12.6. The number of aromatic nitrogens is 3. The van der Waals surface area contributed by atoms with E-state index in [-0.39, 0.29) is 11.8 Å². The quantitative estimate of drug-likeness (QED) is 0.511. The zero-order valence-electron chi connectivity index (χ0n) is 19.9. The molecule has 1 fully saturated rings. The number of nitrogens with zero attached hydrogens (tertiary/aromatic N) is 4. The smallest absolute Gasteiger partial charge is 0.230 e. The average molecular weight is 457 g/mol. The Morgan fingerprint density at radius 3 is 2.26 bits per heavy atom. The van der Waals surface area contributed by atoms with E-state index in [0.29, 0.717) is 44.1 Å². The number of amides is 1. The van der Waals surface area contributed by atoms with Crippen LogP contribution >= 0.6 is 0 Å². The van der Waals surface area contributed by atoms with Crippen LogP contribution in [-0.2, 0) is 37.1 Å². The molecule has 1 unspecified atom stereocenters. The molecule has 1 aliphatic rings. The Morgan fingerprint density at radius 1 is 0.971 bits per heavy atom. The van der Waals surface area contributed by atoms with Gasteiger partial charge in [-0.05, 0) is 36.5 Å². The van der Waals surface area contributed by atoms with E-state index in [4.69, 9.17) is 10.7 Å². The number of hydrogen-bond acceptors (Lipinski definition) is 6. The zero-order valence-corrected chi connectivity index (χ0v) is 19.9. The Bertz CT molecular complexity index is 1160. The summed E-state index contributed by atoms with van der Waals surface area (Å²) in [7, 11) is 1.77. The molecule has 7 nitrogen and oxygen atoms in total. The molecule has 3 N–H and O–H groups in total. The highest BCUT2D eigenvalue weighted by Crippen LogP contribution is 2.27. The summed E-state index contributed by atoms with van der Waals surface area (Å²) in [5, 5.41) is 3.33. The van der Waals surface area contributed by atoms with Gasteiger partial charge in [-0.1, -0.05) is 60.7 Å². The lowest BCUT2D eigenvalue weighted by molar-refractivity contribution is -0.129. The van der Waals surface area contributed by atoms with Crippen LogP contribution in [0.15, 0.2) is 60.8 Å². The van der Waals surface area contributed by atoms with Gasteiger partial charge >= 0.3 is 0 Å². The van der Waals surface area contributed by atoms with Crippen LogP contribution in [0.1, 0.15) is 40.3 Å². The molecule has 176 valence electrons. The largest absolute Gasteiger partial charge is 0.350 e. The first kappa shape index (κ1) is 23.6. The van der Waals surface area contributed by atoms with Gasteiger partial charge in [0.1, 0.15) is 11.6 Å². The third-order valence-corrected chi connectivity index (χ3v) is 6.26. The minimum Gasteiger partial charge on any atom is -0.350 e. The van der Waals surface area contributed by atoms with Gasteiger partial charge in [-0.15, -0.1) is 0 Å². The second-order valence-corrected chi connectivity index (χ2v) is 8.92. The molecule has 7 heteroatoms. The van der Waals surface area contributed by atoms with Gasteiger partial charge in [-0.2, -0.15) is 9.97 Å². The van der Waals surface area contributed by atoms with Gasteiger partial charge in [0.15, 0.2) is 0 Å². The minimum atomic E-state index is -0.179. The minimum absolute atomic E-state index is 0.0705. The van der Waals surface area contributed by atoms with Gasteiger partial charge in [0.25, 0.3) is 0 Å². The van der Waals surface area contributed by atoms with E-state index in [0.717, 1.165) is 29.1 Å². The van der Waals surface area contributed by atoms with E-state index in [2.05, 4.69) is 53.1 Å². The van der Waals surface area contributed by atoms with Crippen molar-refractivity contribution in [3.8, 4) is 0 Å². The molecule has 4 rings (SSSR count). The lowest BCUT2D eigenvalue weighted by Crippen LogP contribution is -2.23. The van der Waals surface area contributed by atoms with Crippen molar-refractivity contribution < 1.29 is 4.79 Å². The van der Waals surface area contributed by atoms with Crippen molar-refractivity contribution in [2.24, 2.45) is 11.7 Å². The van der Waals surface area contributed by atoms with Gasteiger partial charge in [0, 0.05) is 38.7 Å². The van der Waals surface area contributed by atoms with Crippen LogP contribution in [0, 0.1) is 12.8 Å². The van der Waals surface area contributed by atoms with E-state index in [9.17, 15) is 4.79 Å². The van der Waals surface area contributed by atoms with Crippen molar-refractivity contribution in [3.63, 3.8) is 0 Å². The number of nitrogens with two attached hydrogens (primary N) is 1. The van der Waals surface area contributed by atoms with Crippen molar-refractivity contribution in [1.82, 2.24) is 19.9 Å². The number of carbonyl (C=O) groups excluding carboxylic acids is 1. The molecule has 1 atom stereocenters. The first-order valence-corrected chi connectivity index (χ1v) is 11.7. The van der Waals surface area contributed by atoms with E-state index >= 15 is 0 Å². The summed E-state index contributed by atoms with van der Waals surface area (Å²) in [6.07, 6.45) is 2.65. The Labute approximate surface area is 201 Å². The van der Waals surface area contributed by atoms with Crippen LogP contribution in [0.2, 0.25) is 0 Å². The molecule has 1 amide bonds. The van der Waals surface area contributed by atoms with Gasteiger partial charge in [-0.3, -0.25) is 4.79 Å². The normalized spacial score (nSPS) is 15.7. The van der Waals surface area contributed by atoms with E-state index in [1.807, 2.05) is 24.3 Å². The van der Waals surface area contributed by atoms with Crippen LogP contribution in [0.4, 0.5) is 5.95 Å². The van der Waals surface area contributed by atoms with Crippen LogP contribution in [0.5, 0.6) is 0 Å². The first-order chi connectivity index (χ1) is 16.4. The van der Waals surface area contributed by atoms with Gasteiger partial charge < -0.3 is 16.0 Å². The fraction of sp³-hybridized carbons (Fsp3) is 0.333. The third-order valence-electron chi connectivity index (χ3n) is 6.26. The molecule has 0 bridgehead atoms. The maximum atomic E-state index is 12.6. The molecule has 3 aromatic rings. The van der Waals surface area contributed by atoms with E-state index < -0.39 is 0 Å². The van der Waals surface area contributed by atoms with Gasteiger partial charge in [0.2, 0.25) is 11.9 Å². The molecular weight excluding hydrogens is 424 g/mol. The van der Waals surface area contributed by atoms with Crippen molar-refractivity contribution in [2.45, 2.75) is 45.7 Å². The monoisotopic (exact) mass is 456 g/mol. The number of nitrogens with one attached hydrogen (secondary N) is 1. The summed E-state index contributed by atoms with van der Waals surface area (Å²) in [5.74, 6) is 1.78. The summed E-state index contributed by atoms with van der Waals surface area (Å²) >= 11 is 0. The number of carbonyl (C=O) groups is 1. The van der Waals surface area contributed by atoms with Gasteiger partial charge in [-0.25, -0.2) is 4.98 Å². The lowest BCUT2D eigenvalue weighted by Gasteiger charge is -2.12. The molecule has 0 spiro atoms. The summed E-state index contributed by atoms with van der Waals surface area (Å²) < 4.78 is 0. The summed E-state index contributed by atoms with van der Waals surface area (Å²) in [5.41, 5.74) is 11.2. The molecule has 2 heterocycles. The number of allylic oxidation sites excluding steroid dienone is 1. The van der Waals surface area contributed by atoms with Crippen molar-refractivity contribution in [3.05, 3.63) is 94.7 Å². The molecule has 2 aromatic carbocycles. The highest BCUT2D eigenvalue weighted by molar-refractivity contribution is 5.83. The Morgan fingerprint density at radius 2 is 1.62 bits per heavy atom. The SMILES string of the molecule is C=C1CC(Cc2nc(CCc3ccc(C)cc3)nc(NCc3ccc(CN)cc3)n2)C(=O)N1C. The third kappa shape index (κ3) is 5.85. The van der Waals surface area contributed by atoms with Crippen LogP contribution in [0.25, 0.3) is 0 Å². The zero-order chi connectivity index (χ0) is 24.1. The topological polar surface area (TPSA) is 97.0 Å². The first-order valence-electron chi connectivity index (χ1n) is 11.7. The fourth-order valence-corrected chi connectivity index (χ4v) is 4.05. The summed E-state index contributed by atoms with van der Waals surface area (Å²) in [4.78, 5) is 28.2. The van der Waals surface area contributed by atoms with E-state index in [1.165, 1.54) is 11.1 Å². The van der Waals surface area contributed by atoms with Crippen LogP contribution in [-0.4, -0.2) is 32.8 Å². The highest BCUT2D eigenvalue weighted by Gasteiger charge is 2.33. The predicted octanol–water partition coefficient (Wildman–Crippen LogP) is 3.57. The number of rotatable bonds is 9. The van der Waals surface area contributed by atoms with Crippen LogP contribution in [0.3, 0.4) is 0 Å². The molecule has 1 aromatic heterocycles. The Balaban J connectivity index is 1.51. The standard InChI is InChI=1S/C27H32N6O/c1-18-4-6-20(7-5-18)12-13-24-30-25(15-23-14-19(2)33(3)26(23)34)32-27(31-24)29-17-22-10-8-21(16-28)9-11-22/h4-11,23H,2,12-17,28H2,1,3H3,(H,29,30,31,32). The number of hydrogen-bond donors (Lipinski definition) is 2. The molecular formula is C27H32N6O.